The molecule has 86 valence electrons. The van der Waals surface area contributed by atoms with Crippen LogP contribution in [-0.2, 0) is 6.42 Å². The van der Waals surface area contributed by atoms with Crippen LogP contribution in [0.15, 0.2) is 24.3 Å². The van der Waals surface area contributed by atoms with Gasteiger partial charge in [-0.1, -0.05) is 25.4 Å². The first-order valence-corrected chi connectivity index (χ1v) is 5.85. The van der Waals surface area contributed by atoms with Crippen LogP contribution in [-0.4, -0.2) is 11.5 Å². The molecule has 0 saturated carbocycles. The van der Waals surface area contributed by atoms with E-state index in [2.05, 4.69) is 24.9 Å². The molecular weight excluding hydrogens is 220 g/mol. The normalized spacial score (nSPS) is 12.2. The quantitative estimate of drug-likeness (QED) is 0.843. The van der Waals surface area contributed by atoms with Gasteiger partial charge in [0.05, 0.1) is 0 Å². The van der Waals surface area contributed by atoms with Crippen molar-refractivity contribution >= 4 is 22.5 Å². The molecule has 1 aromatic heterocycles. The highest BCUT2D eigenvalue weighted by atomic mass is 35.5. The standard InChI is InChI=1S/C13H17ClN2/c1-13(2,8-15)7-11-6-9-5-10(14)3-4-12(9)16-11/h3-6,16H,7-8,15H2,1-2H3. The zero-order valence-electron chi connectivity index (χ0n) is 9.68. The van der Waals surface area contributed by atoms with Crippen molar-refractivity contribution in [3.05, 3.63) is 35.0 Å². The molecule has 0 aliphatic rings. The van der Waals surface area contributed by atoms with Gasteiger partial charge in [-0.15, -0.1) is 0 Å². The zero-order valence-corrected chi connectivity index (χ0v) is 10.4. The number of halogens is 1. The lowest BCUT2D eigenvalue weighted by Crippen LogP contribution is -2.25. The molecule has 3 heteroatoms. The maximum absolute atomic E-state index is 5.95. The van der Waals surface area contributed by atoms with Gasteiger partial charge in [-0.25, -0.2) is 0 Å². The maximum atomic E-state index is 5.95. The monoisotopic (exact) mass is 236 g/mol. The Bertz CT molecular complexity index is 500. The average molecular weight is 237 g/mol. The summed E-state index contributed by atoms with van der Waals surface area (Å²) in [5, 5.41) is 1.94. The second-order valence-corrected chi connectivity index (χ2v) is 5.51. The van der Waals surface area contributed by atoms with Crippen LogP contribution in [0.5, 0.6) is 0 Å². The fourth-order valence-corrected chi connectivity index (χ4v) is 2.03. The van der Waals surface area contributed by atoms with Crippen molar-refractivity contribution in [2.24, 2.45) is 11.1 Å². The van der Waals surface area contributed by atoms with Crippen LogP contribution in [0.2, 0.25) is 5.02 Å². The molecule has 2 aromatic rings. The number of H-pyrrole nitrogens is 1. The van der Waals surface area contributed by atoms with Gasteiger partial charge >= 0.3 is 0 Å². The molecule has 0 amide bonds. The number of hydrogen-bond acceptors (Lipinski definition) is 1. The molecule has 0 aliphatic carbocycles. The van der Waals surface area contributed by atoms with Crippen LogP contribution in [0.4, 0.5) is 0 Å². The smallest absolute Gasteiger partial charge is 0.0457 e. The Morgan fingerprint density at radius 1 is 1.31 bits per heavy atom. The summed E-state index contributed by atoms with van der Waals surface area (Å²) in [7, 11) is 0. The van der Waals surface area contributed by atoms with E-state index in [4.69, 9.17) is 17.3 Å². The van der Waals surface area contributed by atoms with Gasteiger partial charge < -0.3 is 10.7 Å². The minimum Gasteiger partial charge on any atom is -0.358 e. The number of rotatable bonds is 3. The van der Waals surface area contributed by atoms with Crippen LogP contribution in [0.3, 0.4) is 0 Å². The SMILES string of the molecule is CC(C)(CN)Cc1cc2cc(Cl)ccc2[nH]1. The van der Waals surface area contributed by atoms with Crippen molar-refractivity contribution in [3.8, 4) is 0 Å². The number of hydrogen-bond donors (Lipinski definition) is 2. The maximum Gasteiger partial charge on any atom is 0.0457 e. The summed E-state index contributed by atoms with van der Waals surface area (Å²) in [6.45, 7) is 5.03. The second kappa shape index (κ2) is 4.11. The Morgan fingerprint density at radius 2 is 2.06 bits per heavy atom. The number of benzene rings is 1. The minimum atomic E-state index is 0.130. The van der Waals surface area contributed by atoms with Crippen molar-refractivity contribution in [1.29, 1.82) is 0 Å². The summed E-state index contributed by atoms with van der Waals surface area (Å²) in [4.78, 5) is 3.40. The summed E-state index contributed by atoms with van der Waals surface area (Å²) < 4.78 is 0. The lowest BCUT2D eigenvalue weighted by molar-refractivity contribution is 0.373. The van der Waals surface area contributed by atoms with Crippen LogP contribution >= 0.6 is 11.6 Å². The number of nitrogens with two attached hydrogens (primary N) is 1. The van der Waals surface area contributed by atoms with Gasteiger partial charge in [-0.05, 0) is 42.6 Å². The molecule has 0 atom stereocenters. The predicted octanol–water partition coefficient (Wildman–Crippen LogP) is 3.35. The first-order chi connectivity index (χ1) is 7.50. The summed E-state index contributed by atoms with van der Waals surface area (Å²) in [5.41, 5.74) is 8.21. The number of fused-ring (bicyclic) bond motifs is 1. The van der Waals surface area contributed by atoms with Gasteiger partial charge in [0.25, 0.3) is 0 Å². The van der Waals surface area contributed by atoms with Crippen molar-refractivity contribution in [3.63, 3.8) is 0 Å². The van der Waals surface area contributed by atoms with Gasteiger partial charge in [0.15, 0.2) is 0 Å². The molecule has 0 unspecified atom stereocenters. The third-order valence-corrected chi connectivity index (χ3v) is 3.10. The van der Waals surface area contributed by atoms with E-state index in [0.29, 0.717) is 6.54 Å². The highest BCUT2D eigenvalue weighted by Gasteiger charge is 2.17. The summed E-state index contributed by atoms with van der Waals surface area (Å²) in [5.74, 6) is 0. The van der Waals surface area contributed by atoms with Gasteiger partial charge in [0, 0.05) is 21.6 Å². The van der Waals surface area contributed by atoms with Crippen molar-refractivity contribution < 1.29 is 0 Å². The van der Waals surface area contributed by atoms with Crippen LogP contribution < -0.4 is 5.73 Å². The van der Waals surface area contributed by atoms with Gasteiger partial charge in [-0.3, -0.25) is 0 Å². The first kappa shape index (κ1) is 11.5. The number of aromatic amines is 1. The topological polar surface area (TPSA) is 41.8 Å². The van der Waals surface area contributed by atoms with Gasteiger partial charge in [-0.2, -0.15) is 0 Å². The highest BCUT2D eigenvalue weighted by molar-refractivity contribution is 6.31. The van der Waals surface area contributed by atoms with E-state index in [1.807, 2.05) is 18.2 Å². The molecule has 16 heavy (non-hydrogen) atoms. The van der Waals surface area contributed by atoms with E-state index in [-0.39, 0.29) is 5.41 Å². The molecule has 1 heterocycles. The van der Waals surface area contributed by atoms with Crippen molar-refractivity contribution in [2.45, 2.75) is 20.3 Å². The third kappa shape index (κ3) is 2.39. The molecule has 3 N–H and O–H groups in total. The van der Waals surface area contributed by atoms with E-state index in [1.165, 1.54) is 5.69 Å². The lowest BCUT2D eigenvalue weighted by Gasteiger charge is -2.21. The van der Waals surface area contributed by atoms with Crippen LogP contribution in [0, 0.1) is 5.41 Å². The molecule has 0 aliphatic heterocycles. The average Bonchev–Trinajstić information content (AvgIpc) is 2.58. The Morgan fingerprint density at radius 3 is 2.75 bits per heavy atom. The van der Waals surface area contributed by atoms with Crippen molar-refractivity contribution in [1.82, 2.24) is 4.98 Å². The van der Waals surface area contributed by atoms with Gasteiger partial charge in [0.1, 0.15) is 0 Å². The molecule has 0 spiro atoms. The van der Waals surface area contributed by atoms with Crippen LogP contribution in [0.25, 0.3) is 10.9 Å². The Kier molecular flexibility index (Phi) is 2.96. The molecule has 0 radical (unpaired) electrons. The Labute approximate surface area is 101 Å². The summed E-state index contributed by atoms with van der Waals surface area (Å²) in [6.07, 6.45) is 0.954. The van der Waals surface area contributed by atoms with Gasteiger partial charge in [0.2, 0.25) is 0 Å². The van der Waals surface area contributed by atoms with E-state index in [1.54, 1.807) is 0 Å². The number of nitrogens with one attached hydrogen (secondary N) is 1. The van der Waals surface area contributed by atoms with E-state index < -0.39 is 0 Å². The molecule has 2 nitrogen and oxygen atoms in total. The Balaban J connectivity index is 2.33. The molecular formula is C13H17ClN2. The minimum absolute atomic E-state index is 0.130. The van der Waals surface area contributed by atoms with E-state index in [0.717, 1.165) is 22.3 Å². The van der Waals surface area contributed by atoms with E-state index >= 15 is 0 Å². The molecule has 0 saturated heterocycles. The fraction of sp³-hybridized carbons (Fsp3) is 0.385. The fourth-order valence-electron chi connectivity index (χ4n) is 1.85. The largest absolute Gasteiger partial charge is 0.358 e. The second-order valence-electron chi connectivity index (χ2n) is 5.07. The lowest BCUT2D eigenvalue weighted by atomic mass is 9.88. The third-order valence-electron chi connectivity index (χ3n) is 2.86. The van der Waals surface area contributed by atoms with Crippen molar-refractivity contribution in [2.75, 3.05) is 6.54 Å². The summed E-state index contributed by atoms with van der Waals surface area (Å²) >= 11 is 5.95. The zero-order chi connectivity index (χ0) is 11.8. The highest BCUT2D eigenvalue weighted by Crippen LogP contribution is 2.24. The first-order valence-electron chi connectivity index (χ1n) is 5.47. The number of aromatic nitrogens is 1. The molecule has 0 bridgehead atoms. The van der Waals surface area contributed by atoms with E-state index in [9.17, 15) is 0 Å². The predicted molar refractivity (Wildman–Crippen MR) is 69.8 cm³/mol. The summed E-state index contributed by atoms with van der Waals surface area (Å²) in [6, 6.07) is 8.04. The van der Waals surface area contributed by atoms with Crippen LogP contribution in [0.1, 0.15) is 19.5 Å². The molecule has 1 aromatic carbocycles. The molecule has 0 fully saturated rings. The molecule has 2 rings (SSSR count). The Hall–Kier alpha value is -0.990.